The van der Waals surface area contributed by atoms with Crippen LogP contribution in [0.1, 0.15) is 47.2 Å². The van der Waals surface area contributed by atoms with Gasteiger partial charge in [-0.2, -0.15) is 0 Å². The standard InChI is InChI=1S/C25H37Si2.C15H14.C5H5.2ClH.Zr/c1-17(19(3)26(4,5)6)12-20-10-11-23-22(14-20)15-21-13-18(2)25(16-24(21)23)27(7,8)9;1-3-8-14(9-4-1)12-7-13-15-10-5-2-6-11-15;1-2-4-5-3-1;;;/h10-11,13,16-17,19H,12,15H2,1-9H3;1-6,8-11H,12-13H2;1-5H;2*1H;/q;;;;;+2/p-2. The molecule has 4 aromatic rings. The van der Waals surface area contributed by atoms with Crippen molar-refractivity contribution in [3.8, 4) is 11.1 Å². The molecule has 0 bridgehead atoms. The molecule has 4 aromatic carbocycles. The van der Waals surface area contributed by atoms with Gasteiger partial charge in [-0.15, -0.1) is 0 Å². The van der Waals surface area contributed by atoms with Gasteiger partial charge >= 0.3 is 304 Å². The smallest absolute Gasteiger partial charge is 1.00 e. The van der Waals surface area contributed by atoms with Crippen LogP contribution in [0.2, 0.25) is 48.4 Å². The molecule has 0 spiro atoms. The largest absolute Gasteiger partial charge is 1.00 e. The van der Waals surface area contributed by atoms with Gasteiger partial charge in [-0.05, 0) is 0 Å². The van der Waals surface area contributed by atoms with Gasteiger partial charge in [0.2, 0.25) is 0 Å². The molecule has 0 saturated carbocycles. The summed E-state index contributed by atoms with van der Waals surface area (Å²) >= 11 is -2.60. The first-order chi connectivity index (χ1) is 22.8. The number of halogens is 2. The van der Waals surface area contributed by atoms with Crippen LogP contribution in [-0.2, 0) is 47.0 Å². The van der Waals surface area contributed by atoms with Crippen molar-refractivity contribution in [2.45, 2.75) is 94.9 Å². The molecule has 0 radical (unpaired) electrons. The summed E-state index contributed by atoms with van der Waals surface area (Å²) in [5.74, 6) is 0.670. The summed E-state index contributed by atoms with van der Waals surface area (Å²) < 4.78 is 4.20. The van der Waals surface area contributed by atoms with Crippen LogP contribution in [0.3, 0.4) is 0 Å². The van der Waals surface area contributed by atoms with Gasteiger partial charge in [0, 0.05) is 0 Å². The van der Waals surface area contributed by atoms with E-state index >= 15 is 0 Å². The summed E-state index contributed by atoms with van der Waals surface area (Å²) in [6.45, 7) is 22.7. The monoisotopic (exact) mass is 812 g/mol. The summed E-state index contributed by atoms with van der Waals surface area (Å²) in [5, 5.41) is 1.62. The molecule has 5 heteroatoms. The fraction of sp³-hybridized carbons (Fsp3) is 0.356. The molecule has 2 unspecified atom stereocenters. The second-order valence-corrected chi connectivity index (χ2v) is 34.2. The van der Waals surface area contributed by atoms with Crippen LogP contribution < -0.4 is 33.3 Å². The zero-order valence-corrected chi connectivity index (χ0v) is 37.7. The van der Waals surface area contributed by atoms with Crippen LogP contribution in [-0.4, -0.2) is 19.4 Å². The van der Waals surface area contributed by atoms with E-state index in [2.05, 4.69) is 169 Å². The summed E-state index contributed by atoms with van der Waals surface area (Å²) in [7, 11) is -2.75. The van der Waals surface area contributed by atoms with Crippen LogP contribution in [0.25, 0.3) is 11.1 Å². The molecule has 0 fully saturated rings. The molecule has 0 N–H and O–H groups in total. The average molecular weight is 815 g/mol. The Hall–Kier alpha value is -1.87. The molecule has 2 aliphatic rings. The quantitative estimate of drug-likeness (QED) is 0.168. The predicted molar refractivity (Wildman–Crippen MR) is 215 cm³/mol. The molecule has 0 heterocycles. The van der Waals surface area contributed by atoms with Crippen LogP contribution in [0.15, 0.2) is 109 Å². The van der Waals surface area contributed by atoms with Crippen molar-refractivity contribution < 1.29 is 46.1 Å². The maximum Gasteiger partial charge on any atom is -1.00 e. The van der Waals surface area contributed by atoms with Gasteiger partial charge in [0.1, 0.15) is 0 Å². The van der Waals surface area contributed by atoms with Gasteiger partial charge in [-0.1, -0.05) is 0 Å². The van der Waals surface area contributed by atoms with Crippen LogP contribution in [0.4, 0.5) is 0 Å². The molecule has 6 rings (SSSR count). The average Bonchev–Trinajstić information content (AvgIpc) is 3.69. The van der Waals surface area contributed by atoms with E-state index in [1.54, 1.807) is 21.9 Å². The Labute approximate surface area is 325 Å². The Morgan fingerprint density at radius 3 is 1.82 bits per heavy atom. The number of rotatable bonds is 11. The minimum absolute atomic E-state index is 0. The molecule has 2 aliphatic carbocycles. The van der Waals surface area contributed by atoms with Gasteiger partial charge in [0.05, 0.1) is 0 Å². The Balaban J connectivity index is 0.00000281. The molecule has 50 heavy (non-hydrogen) atoms. The van der Waals surface area contributed by atoms with E-state index in [1.807, 2.05) is 6.48 Å². The molecular formula is C45H56Cl2Si2Zr. The summed E-state index contributed by atoms with van der Waals surface area (Å²) in [5.41, 5.74) is 13.2. The van der Waals surface area contributed by atoms with Crippen molar-refractivity contribution in [2.24, 2.45) is 5.92 Å². The minimum atomic E-state index is -2.60. The van der Waals surface area contributed by atoms with E-state index in [4.69, 9.17) is 0 Å². The van der Waals surface area contributed by atoms with Gasteiger partial charge in [0.25, 0.3) is 0 Å². The number of fused-ring (bicyclic) bond motifs is 3. The topological polar surface area (TPSA) is 0 Å². The first-order valence-corrected chi connectivity index (χ1v) is 29.2. The Kier molecular flexibility index (Phi) is 13.8. The zero-order valence-electron chi connectivity index (χ0n) is 31.7. The normalized spacial score (nSPS) is 14.6. The first kappa shape index (κ1) is 40.9. The van der Waals surface area contributed by atoms with Crippen molar-refractivity contribution in [2.75, 3.05) is 0 Å². The van der Waals surface area contributed by atoms with E-state index < -0.39 is 37.4 Å². The van der Waals surface area contributed by atoms with Crippen molar-refractivity contribution in [1.29, 1.82) is 0 Å². The Morgan fingerprint density at radius 2 is 1.30 bits per heavy atom. The number of benzene rings is 4. The molecule has 0 aromatic heterocycles. The predicted octanol–water partition coefficient (Wildman–Crippen LogP) is 4.84. The van der Waals surface area contributed by atoms with Crippen LogP contribution >= 0.6 is 0 Å². The third-order valence-corrected chi connectivity index (χ3v) is 25.0. The van der Waals surface area contributed by atoms with Gasteiger partial charge < -0.3 is 24.8 Å². The zero-order chi connectivity index (χ0) is 34.2. The van der Waals surface area contributed by atoms with Gasteiger partial charge in [0.15, 0.2) is 0 Å². The number of aryl methyl sites for hydroxylation is 1. The fourth-order valence-electron chi connectivity index (χ4n) is 8.32. The maximum atomic E-state index is 2.62. The second kappa shape index (κ2) is 16.9. The van der Waals surface area contributed by atoms with E-state index in [1.165, 1.54) is 34.2 Å². The number of hydrogen-bond acceptors (Lipinski definition) is 0. The molecule has 262 valence electrons. The third-order valence-electron chi connectivity index (χ3n) is 11.3. The molecule has 0 aliphatic heterocycles. The molecule has 0 saturated heterocycles. The summed E-state index contributed by atoms with van der Waals surface area (Å²) in [4.78, 5) is 0. The molecule has 0 amide bonds. The summed E-state index contributed by atoms with van der Waals surface area (Å²) in [6, 6.07) is 33.0. The molecular weight excluding hydrogens is 759 g/mol. The number of allylic oxidation sites excluding steroid dienone is 4. The van der Waals surface area contributed by atoms with Crippen molar-refractivity contribution in [3.05, 3.63) is 143 Å². The van der Waals surface area contributed by atoms with E-state index in [0.29, 0.717) is 9.54 Å². The molecule has 0 nitrogen and oxygen atoms in total. The number of hydrogen-bond donors (Lipinski definition) is 0. The maximum absolute atomic E-state index is 2.62. The van der Waals surface area contributed by atoms with Crippen molar-refractivity contribution in [1.82, 2.24) is 0 Å². The van der Waals surface area contributed by atoms with Gasteiger partial charge in [-0.25, -0.2) is 0 Å². The van der Waals surface area contributed by atoms with E-state index in [0.717, 1.165) is 24.8 Å². The van der Waals surface area contributed by atoms with E-state index in [-0.39, 0.29) is 24.8 Å². The minimum Gasteiger partial charge on any atom is -1.00 e. The van der Waals surface area contributed by atoms with Crippen LogP contribution in [0.5, 0.6) is 0 Å². The Bertz CT molecular complexity index is 1820. The molecule has 2 atom stereocenters. The van der Waals surface area contributed by atoms with Crippen LogP contribution in [0, 0.1) is 12.8 Å². The second-order valence-electron chi connectivity index (χ2n) is 16.9. The van der Waals surface area contributed by atoms with Gasteiger partial charge in [-0.3, -0.25) is 0 Å². The Morgan fingerprint density at radius 1 is 0.740 bits per heavy atom. The SMILES string of the molecule is Cc1cc2c(cc1[Si](C)(C)C)-c1ccc(CC(C)C(C)[Si](C)(C)C)[c]([Zr+2](=[C](Cc3ccccc3)Cc3ccccc3)[CH]3C=CC=C3)c1C2.[Cl-].[Cl-]. The fourth-order valence-corrected chi connectivity index (χ4v) is 20.9. The third kappa shape index (κ3) is 9.01. The van der Waals surface area contributed by atoms with Crippen molar-refractivity contribution in [3.63, 3.8) is 0 Å². The first-order valence-electron chi connectivity index (χ1n) is 18.3. The summed E-state index contributed by atoms with van der Waals surface area (Å²) in [6.07, 6.45) is 14.3. The van der Waals surface area contributed by atoms with E-state index in [9.17, 15) is 0 Å². The van der Waals surface area contributed by atoms with Crippen molar-refractivity contribution >= 4 is 27.8 Å².